The van der Waals surface area contributed by atoms with Gasteiger partial charge in [0.2, 0.25) is 0 Å². The number of rotatable bonds is 3. The number of ketones is 1. The molecule has 0 heterocycles. The first-order chi connectivity index (χ1) is 6.19. The van der Waals surface area contributed by atoms with Crippen LogP contribution in [-0.2, 0) is 6.61 Å². The number of thiol groups is 1. The Labute approximate surface area is 83.0 Å². The Bertz CT molecular complexity index is 321. The third kappa shape index (κ3) is 2.32. The minimum absolute atomic E-state index is 0.0197. The molecule has 0 amide bonds. The van der Waals surface area contributed by atoms with Crippen LogP contribution in [0.15, 0.2) is 23.1 Å². The van der Waals surface area contributed by atoms with Crippen molar-refractivity contribution < 1.29 is 9.90 Å². The molecule has 0 radical (unpaired) electrons. The molecule has 0 unspecified atom stereocenters. The zero-order valence-corrected chi connectivity index (χ0v) is 8.34. The highest BCUT2D eigenvalue weighted by molar-refractivity contribution is 7.80. The van der Waals surface area contributed by atoms with E-state index in [2.05, 4.69) is 12.6 Å². The van der Waals surface area contributed by atoms with E-state index in [9.17, 15) is 4.79 Å². The van der Waals surface area contributed by atoms with Crippen LogP contribution in [0, 0.1) is 0 Å². The first-order valence-corrected chi connectivity index (χ1v) is 4.59. The fraction of sp³-hybridized carbons (Fsp3) is 0.300. The lowest BCUT2D eigenvalue weighted by Gasteiger charge is -2.03. The highest BCUT2D eigenvalue weighted by atomic mass is 32.1. The molecule has 0 aliphatic carbocycles. The molecule has 0 aromatic heterocycles. The third-order valence-electron chi connectivity index (χ3n) is 1.87. The van der Waals surface area contributed by atoms with E-state index in [1.54, 1.807) is 18.2 Å². The van der Waals surface area contributed by atoms with Crippen molar-refractivity contribution in [3.05, 3.63) is 29.3 Å². The van der Waals surface area contributed by atoms with Crippen molar-refractivity contribution in [1.82, 2.24) is 0 Å². The van der Waals surface area contributed by atoms with Crippen LogP contribution in [0.1, 0.15) is 29.3 Å². The average molecular weight is 196 g/mol. The summed E-state index contributed by atoms with van der Waals surface area (Å²) in [6.45, 7) is 1.80. The second kappa shape index (κ2) is 4.44. The minimum Gasteiger partial charge on any atom is -0.392 e. The van der Waals surface area contributed by atoms with Crippen LogP contribution in [0.2, 0.25) is 0 Å². The summed E-state index contributed by atoms with van der Waals surface area (Å²) in [5.41, 5.74) is 1.40. The van der Waals surface area contributed by atoms with Gasteiger partial charge in [0.05, 0.1) is 6.61 Å². The molecule has 0 saturated carbocycles. The Morgan fingerprint density at radius 2 is 2.23 bits per heavy atom. The van der Waals surface area contributed by atoms with E-state index >= 15 is 0 Å². The van der Waals surface area contributed by atoms with Crippen LogP contribution in [0.5, 0.6) is 0 Å². The summed E-state index contributed by atoms with van der Waals surface area (Å²) in [4.78, 5) is 12.0. The number of hydrogen-bond acceptors (Lipinski definition) is 3. The SMILES string of the molecule is CCC(=O)c1ccc(CO)cc1S. The van der Waals surface area contributed by atoms with E-state index in [0.29, 0.717) is 16.9 Å². The molecule has 1 rings (SSSR count). The second-order valence-corrected chi connectivity index (χ2v) is 3.27. The fourth-order valence-corrected chi connectivity index (χ4v) is 1.47. The van der Waals surface area contributed by atoms with Gasteiger partial charge in [-0.25, -0.2) is 0 Å². The van der Waals surface area contributed by atoms with Crippen molar-refractivity contribution >= 4 is 18.4 Å². The third-order valence-corrected chi connectivity index (χ3v) is 2.24. The summed E-state index contributed by atoms with van der Waals surface area (Å²) in [5.74, 6) is 0.0782. The lowest BCUT2D eigenvalue weighted by molar-refractivity contribution is 0.0985. The molecular formula is C10H12O2S. The minimum atomic E-state index is -0.0197. The number of carbonyl (C=O) groups excluding carboxylic acids is 1. The van der Waals surface area contributed by atoms with E-state index in [1.807, 2.05) is 6.92 Å². The first kappa shape index (κ1) is 10.3. The van der Waals surface area contributed by atoms with Gasteiger partial charge in [-0.3, -0.25) is 4.79 Å². The quantitative estimate of drug-likeness (QED) is 0.573. The molecule has 0 aliphatic heterocycles. The first-order valence-electron chi connectivity index (χ1n) is 4.15. The van der Waals surface area contributed by atoms with Crippen molar-refractivity contribution in [2.24, 2.45) is 0 Å². The highest BCUT2D eigenvalue weighted by Gasteiger charge is 2.07. The topological polar surface area (TPSA) is 37.3 Å². The number of aliphatic hydroxyl groups excluding tert-OH is 1. The molecular weight excluding hydrogens is 184 g/mol. The molecule has 0 aliphatic rings. The van der Waals surface area contributed by atoms with Crippen molar-refractivity contribution in [3.63, 3.8) is 0 Å². The van der Waals surface area contributed by atoms with Crippen molar-refractivity contribution in [3.8, 4) is 0 Å². The zero-order valence-electron chi connectivity index (χ0n) is 7.45. The van der Waals surface area contributed by atoms with Gasteiger partial charge in [0.1, 0.15) is 0 Å². The predicted octanol–water partition coefficient (Wildman–Crippen LogP) is 2.06. The average Bonchev–Trinajstić information content (AvgIpc) is 2.16. The van der Waals surface area contributed by atoms with Gasteiger partial charge in [0, 0.05) is 16.9 Å². The van der Waals surface area contributed by atoms with Crippen LogP contribution in [0.25, 0.3) is 0 Å². The summed E-state index contributed by atoms with van der Waals surface area (Å²) < 4.78 is 0. The summed E-state index contributed by atoms with van der Waals surface area (Å²) in [7, 11) is 0. The Kier molecular flexibility index (Phi) is 3.51. The maximum Gasteiger partial charge on any atom is 0.163 e. The molecule has 2 nitrogen and oxygen atoms in total. The van der Waals surface area contributed by atoms with Gasteiger partial charge in [-0.1, -0.05) is 13.0 Å². The summed E-state index contributed by atoms with van der Waals surface area (Å²) >= 11 is 4.18. The van der Waals surface area contributed by atoms with Gasteiger partial charge in [0.15, 0.2) is 5.78 Å². The van der Waals surface area contributed by atoms with E-state index < -0.39 is 0 Å². The Morgan fingerprint density at radius 1 is 1.54 bits per heavy atom. The van der Waals surface area contributed by atoms with E-state index in [1.165, 1.54) is 0 Å². The van der Waals surface area contributed by atoms with Gasteiger partial charge in [-0.05, 0) is 17.7 Å². The molecule has 0 atom stereocenters. The Morgan fingerprint density at radius 3 is 2.69 bits per heavy atom. The maximum absolute atomic E-state index is 11.3. The van der Waals surface area contributed by atoms with Gasteiger partial charge in [-0.15, -0.1) is 12.6 Å². The molecule has 0 bridgehead atoms. The largest absolute Gasteiger partial charge is 0.392 e. The molecule has 70 valence electrons. The van der Waals surface area contributed by atoms with Crippen molar-refractivity contribution in [1.29, 1.82) is 0 Å². The predicted molar refractivity (Wildman–Crippen MR) is 54.2 cm³/mol. The van der Waals surface area contributed by atoms with Crippen LogP contribution < -0.4 is 0 Å². The molecule has 3 heteroatoms. The summed E-state index contributed by atoms with van der Waals surface area (Å²) in [6, 6.07) is 5.16. The molecule has 0 fully saturated rings. The van der Waals surface area contributed by atoms with E-state index in [0.717, 1.165) is 5.56 Å². The van der Waals surface area contributed by atoms with Crippen LogP contribution in [-0.4, -0.2) is 10.9 Å². The smallest absolute Gasteiger partial charge is 0.163 e. The van der Waals surface area contributed by atoms with E-state index in [-0.39, 0.29) is 12.4 Å². The van der Waals surface area contributed by atoms with Crippen molar-refractivity contribution in [2.45, 2.75) is 24.8 Å². The number of benzene rings is 1. The lowest BCUT2D eigenvalue weighted by Crippen LogP contribution is -1.98. The molecule has 0 saturated heterocycles. The molecule has 1 aromatic carbocycles. The molecule has 0 spiro atoms. The van der Waals surface area contributed by atoms with Gasteiger partial charge in [0.25, 0.3) is 0 Å². The Balaban J connectivity index is 3.05. The number of Topliss-reactive ketones (excluding diaryl/α,β-unsaturated/α-hetero) is 1. The number of hydrogen-bond donors (Lipinski definition) is 2. The Hall–Kier alpha value is -0.800. The maximum atomic E-state index is 11.3. The fourth-order valence-electron chi connectivity index (χ4n) is 1.10. The molecule has 1 aromatic rings. The van der Waals surface area contributed by atoms with Gasteiger partial charge in [-0.2, -0.15) is 0 Å². The van der Waals surface area contributed by atoms with E-state index in [4.69, 9.17) is 5.11 Å². The monoisotopic (exact) mass is 196 g/mol. The van der Waals surface area contributed by atoms with Crippen LogP contribution in [0.4, 0.5) is 0 Å². The summed E-state index contributed by atoms with van der Waals surface area (Å²) in [6.07, 6.45) is 0.478. The normalized spacial score (nSPS) is 10.1. The molecule has 13 heavy (non-hydrogen) atoms. The number of carbonyl (C=O) groups is 1. The standard InChI is InChI=1S/C10H12O2S/c1-2-9(12)8-4-3-7(6-11)5-10(8)13/h3-5,11,13H,2,6H2,1H3. The second-order valence-electron chi connectivity index (χ2n) is 2.79. The van der Waals surface area contributed by atoms with Crippen molar-refractivity contribution in [2.75, 3.05) is 0 Å². The van der Waals surface area contributed by atoms with Crippen LogP contribution in [0.3, 0.4) is 0 Å². The highest BCUT2D eigenvalue weighted by Crippen LogP contribution is 2.17. The lowest BCUT2D eigenvalue weighted by atomic mass is 10.1. The van der Waals surface area contributed by atoms with Gasteiger partial charge < -0.3 is 5.11 Å². The number of aliphatic hydroxyl groups is 1. The van der Waals surface area contributed by atoms with Crippen LogP contribution >= 0.6 is 12.6 Å². The zero-order chi connectivity index (χ0) is 9.84. The summed E-state index contributed by atoms with van der Waals surface area (Å²) in [5, 5.41) is 8.83. The van der Waals surface area contributed by atoms with Gasteiger partial charge >= 0.3 is 0 Å². The molecule has 1 N–H and O–H groups in total.